The van der Waals surface area contributed by atoms with E-state index in [0.29, 0.717) is 0 Å². The average Bonchev–Trinajstić information content (AvgIpc) is 2.42. The molecule has 1 fully saturated rings. The Hall–Kier alpha value is -0.450. The van der Waals surface area contributed by atoms with E-state index in [1.165, 1.54) is 38.0 Å². The summed E-state index contributed by atoms with van der Waals surface area (Å²) in [6.07, 6.45) is 5.79. The van der Waals surface area contributed by atoms with Crippen LogP contribution in [0.4, 0.5) is 0 Å². The third kappa shape index (κ3) is 5.21. The SMILES string of the molecule is CCCNCC1CCCN(Cc2ccc(Br)cn2)C1. The molecule has 0 saturated carbocycles. The van der Waals surface area contributed by atoms with Gasteiger partial charge in [0.05, 0.1) is 5.69 Å². The van der Waals surface area contributed by atoms with Gasteiger partial charge in [-0.1, -0.05) is 6.92 Å². The van der Waals surface area contributed by atoms with Crippen molar-refractivity contribution < 1.29 is 0 Å². The molecule has 1 aromatic heterocycles. The van der Waals surface area contributed by atoms with Crippen molar-refractivity contribution >= 4 is 15.9 Å². The van der Waals surface area contributed by atoms with Crippen molar-refractivity contribution in [1.29, 1.82) is 0 Å². The molecule has 0 bridgehead atoms. The first-order valence-electron chi connectivity index (χ1n) is 7.31. The summed E-state index contributed by atoms with van der Waals surface area (Å²) in [6.45, 7) is 7.93. The summed E-state index contributed by atoms with van der Waals surface area (Å²) in [4.78, 5) is 7.01. The first-order valence-corrected chi connectivity index (χ1v) is 8.10. The van der Waals surface area contributed by atoms with E-state index in [1.54, 1.807) is 0 Å². The summed E-state index contributed by atoms with van der Waals surface area (Å²) < 4.78 is 1.05. The van der Waals surface area contributed by atoms with Crippen molar-refractivity contribution in [1.82, 2.24) is 15.2 Å². The maximum Gasteiger partial charge on any atom is 0.0544 e. The lowest BCUT2D eigenvalue weighted by atomic mass is 9.98. The van der Waals surface area contributed by atoms with Crippen LogP contribution < -0.4 is 5.32 Å². The summed E-state index contributed by atoms with van der Waals surface area (Å²) in [5, 5.41) is 3.55. The van der Waals surface area contributed by atoms with E-state index < -0.39 is 0 Å². The minimum absolute atomic E-state index is 0.802. The highest BCUT2D eigenvalue weighted by Gasteiger charge is 2.19. The highest BCUT2D eigenvalue weighted by molar-refractivity contribution is 9.10. The first kappa shape index (κ1) is 14.9. The second-order valence-electron chi connectivity index (χ2n) is 5.42. The number of halogens is 1. The molecule has 2 rings (SSSR count). The van der Waals surface area contributed by atoms with Gasteiger partial charge in [0.2, 0.25) is 0 Å². The average molecular weight is 326 g/mol. The molecular weight excluding hydrogens is 302 g/mol. The smallest absolute Gasteiger partial charge is 0.0544 e. The van der Waals surface area contributed by atoms with Crippen molar-refractivity contribution in [2.45, 2.75) is 32.7 Å². The number of hydrogen-bond donors (Lipinski definition) is 1. The lowest BCUT2D eigenvalue weighted by Gasteiger charge is -2.32. The molecule has 1 N–H and O–H groups in total. The zero-order valence-corrected chi connectivity index (χ0v) is 13.3. The van der Waals surface area contributed by atoms with Gasteiger partial charge in [-0.3, -0.25) is 9.88 Å². The zero-order chi connectivity index (χ0) is 13.5. The van der Waals surface area contributed by atoms with Crippen LogP contribution in [0, 0.1) is 5.92 Å². The summed E-state index contributed by atoms with van der Waals surface area (Å²) in [6, 6.07) is 4.19. The second-order valence-corrected chi connectivity index (χ2v) is 6.33. The fourth-order valence-corrected chi connectivity index (χ4v) is 2.91. The summed E-state index contributed by atoms with van der Waals surface area (Å²) in [5.74, 6) is 0.802. The van der Waals surface area contributed by atoms with Crippen LogP contribution in [0.2, 0.25) is 0 Å². The Morgan fingerprint density at radius 2 is 2.37 bits per heavy atom. The number of aromatic nitrogens is 1. The van der Waals surface area contributed by atoms with Crippen LogP contribution >= 0.6 is 15.9 Å². The largest absolute Gasteiger partial charge is 0.316 e. The molecule has 1 unspecified atom stereocenters. The van der Waals surface area contributed by atoms with E-state index in [0.717, 1.165) is 30.0 Å². The van der Waals surface area contributed by atoms with Crippen molar-refractivity contribution in [3.63, 3.8) is 0 Å². The minimum atomic E-state index is 0.802. The van der Waals surface area contributed by atoms with Gasteiger partial charge in [-0.15, -0.1) is 0 Å². The van der Waals surface area contributed by atoms with E-state index in [2.05, 4.69) is 50.2 Å². The molecular formula is C15H24BrN3. The van der Waals surface area contributed by atoms with Crippen molar-refractivity contribution in [2.24, 2.45) is 5.92 Å². The molecule has 1 aliphatic heterocycles. The van der Waals surface area contributed by atoms with Gasteiger partial charge < -0.3 is 5.32 Å². The lowest BCUT2D eigenvalue weighted by molar-refractivity contribution is 0.164. The van der Waals surface area contributed by atoms with Crippen LogP contribution in [0.3, 0.4) is 0 Å². The van der Waals surface area contributed by atoms with Gasteiger partial charge in [0.25, 0.3) is 0 Å². The van der Waals surface area contributed by atoms with E-state index in [1.807, 2.05) is 6.20 Å². The number of pyridine rings is 1. The second kappa shape index (κ2) is 7.98. The van der Waals surface area contributed by atoms with Crippen LogP contribution in [0.1, 0.15) is 31.9 Å². The molecule has 106 valence electrons. The zero-order valence-electron chi connectivity index (χ0n) is 11.7. The molecule has 0 aliphatic carbocycles. The monoisotopic (exact) mass is 325 g/mol. The fourth-order valence-electron chi connectivity index (χ4n) is 2.67. The minimum Gasteiger partial charge on any atom is -0.316 e. The number of rotatable bonds is 6. The Morgan fingerprint density at radius 3 is 3.11 bits per heavy atom. The first-order chi connectivity index (χ1) is 9.28. The van der Waals surface area contributed by atoms with Gasteiger partial charge in [-0.05, 0) is 72.9 Å². The third-order valence-electron chi connectivity index (χ3n) is 3.64. The van der Waals surface area contributed by atoms with Crippen LogP contribution in [0.15, 0.2) is 22.8 Å². The van der Waals surface area contributed by atoms with E-state index in [-0.39, 0.29) is 0 Å². The number of piperidine rings is 1. The lowest BCUT2D eigenvalue weighted by Crippen LogP contribution is -2.39. The van der Waals surface area contributed by atoms with Crippen molar-refractivity contribution in [3.05, 3.63) is 28.5 Å². The molecule has 0 amide bonds. The predicted molar refractivity (Wildman–Crippen MR) is 83.1 cm³/mol. The van der Waals surface area contributed by atoms with Crippen LogP contribution in [-0.4, -0.2) is 36.1 Å². The van der Waals surface area contributed by atoms with Gasteiger partial charge in [-0.2, -0.15) is 0 Å². The van der Waals surface area contributed by atoms with Gasteiger partial charge in [0, 0.05) is 23.8 Å². The third-order valence-corrected chi connectivity index (χ3v) is 4.11. The standard InChI is InChI=1S/C15H24BrN3/c1-2-7-17-9-13-4-3-8-19(11-13)12-15-6-5-14(16)10-18-15/h5-6,10,13,17H,2-4,7-9,11-12H2,1H3. The normalized spacial score (nSPS) is 20.6. The Balaban J connectivity index is 1.78. The number of hydrogen-bond acceptors (Lipinski definition) is 3. The van der Waals surface area contributed by atoms with Gasteiger partial charge in [-0.25, -0.2) is 0 Å². The Morgan fingerprint density at radius 1 is 1.47 bits per heavy atom. The van der Waals surface area contributed by atoms with Crippen molar-refractivity contribution in [3.8, 4) is 0 Å². The molecule has 0 spiro atoms. The van der Waals surface area contributed by atoms with E-state index in [9.17, 15) is 0 Å². The highest BCUT2D eigenvalue weighted by atomic mass is 79.9. The summed E-state index contributed by atoms with van der Waals surface area (Å²) >= 11 is 3.43. The van der Waals surface area contributed by atoms with Gasteiger partial charge >= 0.3 is 0 Å². The fraction of sp³-hybridized carbons (Fsp3) is 0.667. The predicted octanol–water partition coefficient (Wildman–Crippen LogP) is 3.06. The van der Waals surface area contributed by atoms with Gasteiger partial charge in [0.15, 0.2) is 0 Å². The number of likely N-dealkylation sites (tertiary alicyclic amines) is 1. The topological polar surface area (TPSA) is 28.2 Å². The van der Waals surface area contributed by atoms with Crippen molar-refractivity contribution in [2.75, 3.05) is 26.2 Å². The van der Waals surface area contributed by atoms with Crippen LogP contribution in [0.5, 0.6) is 0 Å². The molecule has 0 aromatic carbocycles. The maximum absolute atomic E-state index is 4.47. The van der Waals surface area contributed by atoms with Crippen LogP contribution in [0.25, 0.3) is 0 Å². The molecule has 3 nitrogen and oxygen atoms in total. The number of nitrogens with zero attached hydrogens (tertiary/aromatic N) is 2. The molecule has 0 radical (unpaired) electrons. The Labute approximate surface area is 124 Å². The quantitative estimate of drug-likeness (QED) is 0.815. The van der Waals surface area contributed by atoms with E-state index >= 15 is 0 Å². The number of nitrogens with one attached hydrogen (secondary N) is 1. The molecule has 4 heteroatoms. The molecule has 1 atom stereocenters. The molecule has 2 heterocycles. The Kier molecular flexibility index (Phi) is 6.28. The molecule has 19 heavy (non-hydrogen) atoms. The van der Waals surface area contributed by atoms with Gasteiger partial charge in [0.1, 0.15) is 0 Å². The maximum atomic E-state index is 4.47. The summed E-state index contributed by atoms with van der Waals surface area (Å²) in [7, 11) is 0. The van der Waals surface area contributed by atoms with Crippen LogP contribution in [-0.2, 0) is 6.54 Å². The highest BCUT2D eigenvalue weighted by Crippen LogP contribution is 2.18. The Bertz CT molecular complexity index is 366. The molecule has 1 aliphatic rings. The molecule has 1 aromatic rings. The molecule has 1 saturated heterocycles. The summed E-state index contributed by atoms with van der Waals surface area (Å²) in [5.41, 5.74) is 1.17. The van der Waals surface area contributed by atoms with E-state index in [4.69, 9.17) is 0 Å².